The Balaban J connectivity index is 2.38. The average Bonchev–Trinajstić information content (AvgIpc) is 1.76. The van der Waals surface area contributed by atoms with Crippen LogP contribution in [0.3, 0.4) is 0 Å². The molecule has 0 aromatic carbocycles. The summed E-state index contributed by atoms with van der Waals surface area (Å²) in [6.07, 6.45) is 3.64. The summed E-state index contributed by atoms with van der Waals surface area (Å²) in [5.74, 6) is 0. The zero-order valence-electron chi connectivity index (χ0n) is 3.78. The van der Waals surface area contributed by atoms with E-state index in [9.17, 15) is 0 Å². The van der Waals surface area contributed by atoms with Crippen molar-refractivity contribution in [3.8, 4) is 0 Å². The van der Waals surface area contributed by atoms with Crippen molar-refractivity contribution >= 4 is 0 Å². The maximum atomic E-state index is 2.31. The van der Waals surface area contributed by atoms with Crippen LogP contribution in [0.15, 0.2) is 0 Å². The van der Waals surface area contributed by atoms with Gasteiger partial charge in [0, 0.05) is 0 Å². The van der Waals surface area contributed by atoms with E-state index in [0.717, 1.165) is 0 Å². The van der Waals surface area contributed by atoms with Crippen LogP contribution >= 0.6 is 0 Å². The van der Waals surface area contributed by atoms with E-state index in [1.54, 1.807) is 0 Å². The Kier molecular flexibility index (Phi) is 0.360. The highest BCUT2D eigenvalue weighted by Gasteiger charge is 2.31. The monoisotopic (exact) mass is 69.1 g/mol. The predicted molar refractivity (Wildman–Crippen MR) is 22.7 cm³/mol. The molecule has 1 aliphatic rings. The number of hydrogen-bond acceptors (Lipinski definition) is 0. The lowest BCUT2D eigenvalue weighted by molar-refractivity contribution is 0.684. The largest absolute Gasteiger partial charge is 0.0596 e. The molecule has 0 nitrogen and oxygen atoms in total. The van der Waals surface area contributed by atoms with Gasteiger partial charge in [-0.2, -0.15) is 0 Å². The summed E-state index contributed by atoms with van der Waals surface area (Å²) >= 11 is 0. The highest BCUT2D eigenvalue weighted by Crippen LogP contribution is 2.42. The van der Waals surface area contributed by atoms with Crippen LogP contribution in [0, 0.1) is 11.8 Å². The van der Waals surface area contributed by atoms with Crippen molar-refractivity contribution in [2.75, 3.05) is 0 Å². The maximum absolute atomic E-state index is 2.31. The lowest BCUT2D eigenvalue weighted by atomic mass is 10.2. The Morgan fingerprint density at radius 2 is 1.80 bits per heavy atom. The van der Waals surface area contributed by atoms with Crippen LogP contribution in [0.1, 0.15) is 20.3 Å². The standard InChI is InChI=1S/C5H9/c1-5(2)3-4-5/h3H,4H2,1-2H3. The van der Waals surface area contributed by atoms with E-state index in [0.29, 0.717) is 5.41 Å². The highest BCUT2D eigenvalue weighted by atomic mass is 14.4. The first kappa shape index (κ1) is 3.20. The zero-order chi connectivity index (χ0) is 3.91. The van der Waals surface area contributed by atoms with Gasteiger partial charge in [0.2, 0.25) is 0 Å². The molecule has 0 saturated heterocycles. The molecular weight excluding hydrogens is 60.1 g/mol. The van der Waals surface area contributed by atoms with E-state index in [1.165, 1.54) is 6.42 Å². The molecule has 0 spiro atoms. The van der Waals surface area contributed by atoms with Gasteiger partial charge in [-0.15, -0.1) is 0 Å². The van der Waals surface area contributed by atoms with Crippen LogP contribution in [0.25, 0.3) is 0 Å². The van der Waals surface area contributed by atoms with Crippen LogP contribution in [-0.2, 0) is 0 Å². The predicted octanol–water partition coefficient (Wildman–Crippen LogP) is 1.62. The third kappa shape index (κ3) is 0.640. The minimum absolute atomic E-state index is 0.625. The molecule has 0 aromatic rings. The Morgan fingerprint density at radius 3 is 1.80 bits per heavy atom. The van der Waals surface area contributed by atoms with Crippen LogP contribution in [0.4, 0.5) is 0 Å². The lowest BCUT2D eigenvalue weighted by Crippen LogP contribution is -1.75. The third-order valence-electron chi connectivity index (χ3n) is 1.02. The summed E-state index contributed by atoms with van der Waals surface area (Å²) < 4.78 is 0. The van der Waals surface area contributed by atoms with E-state index in [4.69, 9.17) is 0 Å². The van der Waals surface area contributed by atoms with Gasteiger partial charge in [0.25, 0.3) is 0 Å². The van der Waals surface area contributed by atoms with Gasteiger partial charge in [0.05, 0.1) is 0 Å². The van der Waals surface area contributed by atoms with Gasteiger partial charge in [0.1, 0.15) is 0 Å². The Labute approximate surface area is 33.2 Å². The van der Waals surface area contributed by atoms with E-state index >= 15 is 0 Å². The molecule has 0 aromatic heterocycles. The van der Waals surface area contributed by atoms with Crippen LogP contribution in [-0.4, -0.2) is 0 Å². The van der Waals surface area contributed by atoms with Crippen LogP contribution < -0.4 is 0 Å². The Morgan fingerprint density at radius 1 is 1.60 bits per heavy atom. The minimum Gasteiger partial charge on any atom is -0.0596 e. The Hall–Kier alpha value is 0. The summed E-state index contributed by atoms with van der Waals surface area (Å²) in [4.78, 5) is 0. The van der Waals surface area contributed by atoms with Crippen molar-refractivity contribution in [2.45, 2.75) is 20.3 Å². The second kappa shape index (κ2) is 0.562. The zero-order valence-corrected chi connectivity index (χ0v) is 3.78. The fourth-order valence-corrected chi connectivity index (χ4v) is 0.204. The van der Waals surface area contributed by atoms with Crippen LogP contribution in [0.2, 0.25) is 0 Å². The molecule has 0 heterocycles. The molecule has 1 aliphatic carbocycles. The first-order valence-corrected chi connectivity index (χ1v) is 2.05. The third-order valence-corrected chi connectivity index (χ3v) is 1.02. The molecule has 0 unspecified atom stereocenters. The van der Waals surface area contributed by atoms with Gasteiger partial charge < -0.3 is 0 Å². The van der Waals surface area contributed by atoms with Crippen molar-refractivity contribution in [3.63, 3.8) is 0 Å². The van der Waals surface area contributed by atoms with Gasteiger partial charge >= 0.3 is 0 Å². The summed E-state index contributed by atoms with van der Waals surface area (Å²) in [5, 5.41) is 0. The van der Waals surface area contributed by atoms with Gasteiger partial charge in [-0.1, -0.05) is 13.8 Å². The summed E-state index contributed by atoms with van der Waals surface area (Å²) in [5.41, 5.74) is 0.625. The summed E-state index contributed by atoms with van der Waals surface area (Å²) in [7, 11) is 0. The first-order valence-electron chi connectivity index (χ1n) is 2.05. The molecule has 0 N–H and O–H groups in total. The molecule has 5 heavy (non-hydrogen) atoms. The fourth-order valence-electron chi connectivity index (χ4n) is 0.204. The van der Waals surface area contributed by atoms with Gasteiger partial charge in [0.15, 0.2) is 0 Å². The second-order valence-corrected chi connectivity index (χ2v) is 2.40. The number of rotatable bonds is 0. The molecule has 0 atom stereocenters. The quantitative estimate of drug-likeness (QED) is 0.405. The molecule has 1 saturated carbocycles. The summed E-state index contributed by atoms with van der Waals surface area (Å²) in [6, 6.07) is 0. The molecule has 0 amide bonds. The Bertz CT molecular complexity index is 38.0. The highest BCUT2D eigenvalue weighted by molar-refractivity contribution is 5.03. The molecular formula is C5H9. The van der Waals surface area contributed by atoms with Gasteiger partial charge in [-0.3, -0.25) is 0 Å². The lowest BCUT2D eigenvalue weighted by Gasteiger charge is -1.85. The molecule has 1 radical (unpaired) electrons. The molecule has 0 aliphatic heterocycles. The van der Waals surface area contributed by atoms with E-state index in [2.05, 4.69) is 20.3 Å². The van der Waals surface area contributed by atoms with Crippen molar-refractivity contribution < 1.29 is 0 Å². The second-order valence-electron chi connectivity index (χ2n) is 2.40. The van der Waals surface area contributed by atoms with E-state index in [1.807, 2.05) is 0 Å². The van der Waals surface area contributed by atoms with Crippen molar-refractivity contribution in [1.82, 2.24) is 0 Å². The molecule has 0 heteroatoms. The fraction of sp³-hybridized carbons (Fsp3) is 0.800. The number of hydrogen-bond donors (Lipinski definition) is 0. The van der Waals surface area contributed by atoms with Crippen molar-refractivity contribution in [1.29, 1.82) is 0 Å². The van der Waals surface area contributed by atoms with Crippen molar-refractivity contribution in [2.24, 2.45) is 5.41 Å². The smallest absolute Gasteiger partial charge is 0.0320 e. The minimum atomic E-state index is 0.625. The van der Waals surface area contributed by atoms with E-state index in [-0.39, 0.29) is 0 Å². The normalized spacial score (nSPS) is 30.0. The van der Waals surface area contributed by atoms with Crippen molar-refractivity contribution in [3.05, 3.63) is 6.42 Å². The molecule has 0 bridgehead atoms. The van der Waals surface area contributed by atoms with Crippen LogP contribution in [0.5, 0.6) is 0 Å². The van der Waals surface area contributed by atoms with E-state index < -0.39 is 0 Å². The topological polar surface area (TPSA) is 0 Å². The maximum Gasteiger partial charge on any atom is -0.0320 e. The SMILES string of the molecule is CC1(C)[CH]C1. The summed E-state index contributed by atoms with van der Waals surface area (Å²) in [6.45, 7) is 4.49. The first-order chi connectivity index (χ1) is 2.21. The molecule has 1 rings (SSSR count). The van der Waals surface area contributed by atoms with Gasteiger partial charge in [-0.05, 0) is 18.3 Å². The average molecular weight is 69.1 g/mol. The molecule has 29 valence electrons. The van der Waals surface area contributed by atoms with Gasteiger partial charge in [-0.25, -0.2) is 0 Å². The molecule has 1 fully saturated rings.